The van der Waals surface area contributed by atoms with Gasteiger partial charge in [0.15, 0.2) is 54.9 Å². The summed E-state index contributed by atoms with van der Waals surface area (Å²) >= 11 is 0. The number of aliphatic hydroxyl groups excluding tert-OH is 15. The van der Waals surface area contributed by atoms with Gasteiger partial charge in [-0.1, -0.05) is 41.5 Å². The van der Waals surface area contributed by atoms with E-state index < -0.39 is 244 Å². The SMILES string of the molecule is CCC(=O)[C@H]1O[C@@]2(CC[C@@]3(C)C4=C(C(=O)C[C@@]32C)[C@@]2(C)CC[C@H](O[C@@H]3O[C@H](CO[C@@H]5OC[C@H](O)[C@@H](O)[C@H]5O[C@@H]5O[C@H](CO)[C@@H](O)[C@H](O[C@@H]6O[C@H](CO)[C@@H](O)[C@H](O)[C@H]6O)[C@H]5O[C@@H]5O[C@@H](C)[C@H](O)[C@@H](O)[C@H]5O)[C@@H](O)[C@H](O)[C@H]3O)[C@](C)(CO)[C@@H]2CC4=O)[C@H](C)[C@H]1OC(C)=O. The van der Waals surface area contributed by atoms with Crippen LogP contribution in [0.25, 0.3) is 0 Å². The Balaban J connectivity index is 0.877. The Labute approximate surface area is 523 Å². The van der Waals surface area contributed by atoms with Crippen LogP contribution in [0, 0.1) is 33.5 Å². The van der Waals surface area contributed by atoms with Gasteiger partial charge in [0, 0.05) is 64.9 Å². The monoisotopic (exact) mass is 1310 g/mol. The molecule has 4 aliphatic carbocycles. The molecule has 0 aromatic carbocycles. The van der Waals surface area contributed by atoms with Crippen LogP contribution in [0.4, 0.5) is 0 Å². The van der Waals surface area contributed by atoms with E-state index in [9.17, 15) is 86.2 Å². The van der Waals surface area contributed by atoms with Crippen molar-refractivity contribution in [3.63, 3.8) is 0 Å². The zero-order valence-corrected chi connectivity index (χ0v) is 52.0. The van der Waals surface area contributed by atoms with Gasteiger partial charge in [-0.2, -0.15) is 0 Å². The summed E-state index contributed by atoms with van der Waals surface area (Å²) in [6, 6.07) is 0. The van der Waals surface area contributed by atoms with E-state index in [-0.39, 0.29) is 49.5 Å². The topological polar surface area (TPSA) is 482 Å². The number of ether oxygens (including phenoxy) is 12. The van der Waals surface area contributed by atoms with E-state index in [2.05, 4.69) is 0 Å². The van der Waals surface area contributed by atoms with Crippen LogP contribution in [0.3, 0.4) is 0 Å². The fourth-order valence-corrected chi connectivity index (χ4v) is 16.9. The maximum absolute atomic E-state index is 15.2. The molecule has 0 amide bonds. The van der Waals surface area contributed by atoms with Gasteiger partial charge in [-0.25, -0.2) is 0 Å². The molecule has 518 valence electrons. The lowest BCUT2D eigenvalue weighted by Gasteiger charge is -2.62. The van der Waals surface area contributed by atoms with E-state index >= 15 is 9.59 Å². The number of carbonyl (C=O) groups excluding carboxylic acids is 4. The minimum absolute atomic E-state index is 0.0675. The van der Waals surface area contributed by atoms with Gasteiger partial charge in [0.25, 0.3) is 0 Å². The van der Waals surface area contributed by atoms with E-state index in [0.717, 1.165) is 0 Å². The van der Waals surface area contributed by atoms with Crippen molar-refractivity contribution in [3.05, 3.63) is 11.1 Å². The summed E-state index contributed by atoms with van der Waals surface area (Å²) in [5, 5.41) is 165. The molecule has 0 unspecified atom stereocenters. The lowest BCUT2D eigenvalue weighted by atomic mass is 9.42. The second kappa shape index (κ2) is 26.5. The van der Waals surface area contributed by atoms with Crippen LogP contribution >= 0.6 is 0 Å². The highest BCUT2D eigenvalue weighted by Gasteiger charge is 2.77. The first-order valence-electron chi connectivity index (χ1n) is 31.4. The van der Waals surface area contributed by atoms with Crippen LogP contribution in [0.2, 0.25) is 0 Å². The second-order valence-corrected chi connectivity index (χ2v) is 27.6. The number of Topliss-reactive ketones (excluding diaryl/α,β-unsaturated/α-hetero) is 3. The molecule has 6 saturated heterocycles. The van der Waals surface area contributed by atoms with Gasteiger partial charge in [-0.15, -0.1) is 0 Å². The average molecular weight is 1310 g/mol. The van der Waals surface area contributed by atoms with Crippen molar-refractivity contribution in [1.29, 1.82) is 0 Å². The van der Waals surface area contributed by atoms with Crippen LogP contribution in [0.5, 0.6) is 0 Å². The Hall–Kier alpha value is -2.82. The van der Waals surface area contributed by atoms with Gasteiger partial charge in [0.1, 0.15) is 116 Å². The van der Waals surface area contributed by atoms with Gasteiger partial charge in [-0.05, 0) is 38.5 Å². The summed E-state index contributed by atoms with van der Waals surface area (Å²) in [7, 11) is 0. The highest BCUT2D eigenvalue weighted by atomic mass is 16.8. The Bertz CT molecular complexity index is 2680. The predicted octanol–water partition coefficient (Wildman–Crippen LogP) is -5.72. The largest absolute Gasteiger partial charge is 0.459 e. The number of aliphatic hydroxyl groups is 15. The summed E-state index contributed by atoms with van der Waals surface area (Å²) in [4.78, 5) is 56.2. The summed E-state index contributed by atoms with van der Waals surface area (Å²) in [6.07, 6.45) is -46.8. The summed E-state index contributed by atoms with van der Waals surface area (Å²) in [5.41, 5.74) is -4.81. The minimum Gasteiger partial charge on any atom is -0.459 e. The molecular weight excluding hydrogens is 1220 g/mol. The normalized spacial score (nSPS) is 52.6. The minimum atomic E-state index is -2.09. The Morgan fingerprint density at radius 3 is 1.76 bits per heavy atom. The Kier molecular flexibility index (Phi) is 20.7. The molecule has 1 spiro atoms. The van der Waals surface area contributed by atoms with Crippen molar-refractivity contribution >= 4 is 23.3 Å². The van der Waals surface area contributed by atoms with Crippen molar-refractivity contribution in [2.45, 2.75) is 272 Å². The van der Waals surface area contributed by atoms with Crippen LogP contribution in [0.1, 0.15) is 100 Å². The van der Waals surface area contributed by atoms with Crippen molar-refractivity contribution in [1.82, 2.24) is 0 Å². The number of fused-ring (bicyclic) bond motifs is 5. The van der Waals surface area contributed by atoms with E-state index in [1.165, 1.54) is 13.8 Å². The molecule has 0 aromatic rings. The molecule has 2 saturated carbocycles. The zero-order chi connectivity index (χ0) is 66.7. The second-order valence-electron chi connectivity index (χ2n) is 27.6. The molecule has 34 atom stereocenters. The third kappa shape index (κ3) is 11.6. The van der Waals surface area contributed by atoms with E-state index in [0.29, 0.717) is 24.0 Å². The predicted molar refractivity (Wildman–Crippen MR) is 297 cm³/mol. The number of esters is 1. The number of rotatable bonds is 17. The number of ketones is 3. The molecular formula is C60H92O31. The van der Waals surface area contributed by atoms with E-state index in [1.54, 1.807) is 13.8 Å². The standard InChI is InChI=1S/C60H92O31/c1-9-24(65)47-46(83-23(4)64)21(2)60(91-47)13-12-58(7)34-25(66)14-31-56(5,33(34)26(67)15-59(58,60)8)11-10-32(57(31,6)20-63)87-52-44(78)42(76)38(72)30(86-52)19-81-54-49(36(70)27(68)18-80-54)89-55-50(90-51-43(77)40(74)35(69)22(3)82-51)48(39(73)29(17-62)85-55)88-53-45(79)41(75)37(71)28(16-61)84-53/h21-22,27-32,35-55,61-63,68-79H,9-20H2,1-8H3/t21-,22+,27+,28-,29-,30-,31-,32+,35+,36-,37-,38-,39-,40-,41+,42+,43-,44-,45-,46-,47-,48+,49-,50-,51+,52+,53+,54+,55+,56+,57-,58+,59+,60+/m1/s1. The molecule has 15 N–H and O–H groups in total. The molecule has 8 fully saturated rings. The average Bonchev–Trinajstić information content (AvgIpc) is 1.57. The van der Waals surface area contributed by atoms with Crippen LogP contribution in [-0.2, 0) is 76.0 Å². The van der Waals surface area contributed by atoms with Crippen molar-refractivity contribution in [2.24, 2.45) is 33.5 Å². The van der Waals surface area contributed by atoms with E-state index in [4.69, 9.17) is 56.8 Å². The summed E-state index contributed by atoms with van der Waals surface area (Å²) in [5.74, 6) is -2.76. The molecule has 10 aliphatic rings. The highest BCUT2D eigenvalue weighted by molar-refractivity contribution is 6.11. The van der Waals surface area contributed by atoms with Gasteiger partial charge in [-0.3, -0.25) is 19.2 Å². The fraction of sp³-hybridized carbons (Fsp3) is 0.900. The highest BCUT2D eigenvalue weighted by Crippen LogP contribution is 2.74. The van der Waals surface area contributed by atoms with E-state index in [1.807, 2.05) is 27.7 Å². The fourth-order valence-electron chi connectivity index (χ4n) is 16.9. The number of hydrogen-bond acceptors (Lipinski definition) is 31. The molecule has 10 rings (SSSR count). The first-order chi connectivity index (χ1) is 42.7. The molecule has 31 heteroatoms. The maximum atomic E-state index is 15.2. The van der Waals surface area contributed by atoms with Gasteiger partial charge >= 0.3 is 5.97 Å². The lowest BCUT2D eigenvalue weighted by Crippen LogP contribution is -2.68. The molecule has 6 aliphatic heterocycles. The number of hydrogen-bond donors (Lipinski definition) is 15. The quantitative estimate of drug-likeness (QED) is 0.0604. The molecule has 31 nitrogen and oxygen atoms in total. The van der Waals surface area contributed by atoms with Gasteiger partial charge in [0.05, 0.1) is 50.8 Å². The van der Waals surface area contributed by atoms with Crippen molar-refractivity contribution in [3.8, 4) is 0 Å². The van der Waals surface area contributed by atoms with Gasteiger partial charge < -0.3 is 133 Å². The maximum Gasteiger partial charge on any atom is 0.303 e. The van der Waals surface area contributed by atoms with Crippen LogP contribution < -0.4 is 0 Å². The molecule has 0 radical (unpaired) electrons. The molecule has 6 heterocycles. The smallest absolute Gasteiger partial charge is 0.303 e. The molecule has 0 aromatic heterocycles. The number of carbonyl (C=O) groups is 4. The Morgan fingerprint density at radius 2 is 1.14 bits per heavy atom. The number of allylic oxidation sites excluding steroid dienone is 2. The van der Waals surface area contributed by atoms with Crippen molar-refractivity contribution in [2.75, 3.05) is 33.0 Å². The summed E-state index contributed by atoms with van der Waals surface area (Å²) in [6.45, 7) is 9.66. The first-order valence-corrected chi connectivity index (χ1v) is 31.4. The molecule has 91 heavy (non-hydrogen) atoms. The zero-order valence-electron chi connectivity index (χ0n) is 52.0. The van der Waals surface area contributed by atoms with Gasteiger partial charge in [0.2, 0.25) is 0 Å². The van der Waals surface area contributed by atoms with Crippen molar-refractivity contribution < 1.29 is 153 Å². The third-order valence-electron chi connectivity index (χ3n) is 22.5. The van der Waals surface area contributed by atoms with Crippen LogP contribution in [0.15, 0.2) is 11.1 Å². The molecule has 0 bridgehead atoms. The third-order valence-corrected chi connectivity index (χ3v) is 22.5. The van der Waals surface area contributed by atoms with Crippen LogP contribution in [-0.4, -0.2) is 304 Å². The Morgan fingerprint density at radius 1 is 0.582 bits per heavy atom. The summed E-state index contributed by atoms with van der Waals surface area (Å²) < 4.78 is 72.5. The first kappa shape index (κ1) is 71.0. The lowest BCUT2D eigenvalue weighted by molar-refractivity contribution is -0.406.